The molecule has 18 heavy (non-hydrogen) atoms. The van der Waals surface area contributed by atoms with E-state index in [-0.39, 0.29) is 5.91 Å². The molecule has 1 amide bonds. The Labute approximate surface area is 104 Å². The second-order valence-corrected chi connectivity index (χ2v) is 4.16. The second-order valence-electron chi connectivity index (χ2n) is 4.16. The van der Waals surface area contributed by atoms with Gasteiger partial charge in [0.25, 0.3) is 0 Å². The van der Waals surface area contributed by atoms with Crippen LogP contribution in [0, 0.1) is 16.7 Å². The number of carbonyl (C=O) groups excluding carboxylic acids is 1. The Hall–Kier alpha value is -1.94. The van der Waals surface area contributed by atoms with Crippen molar-refractivity contribution in [2.45, 2.75) is 19.3 Å². The molecule has 1 aromatic heterocycles. The summed E-state index contributed by atoms with van der Waals surface area (Å²) in [5, 5.41) is 15.6. The molecule has 1 aliphatic rings. The number of hydrogen-bond donors (Lipinski definition) is 1. The summed E-state index contributed by atoms with van der Waals surface area (Å²) < 4.78 is 9.76. The normalized spacial score (nSPS) is 17.9. The zero-order chi connectivity index (χ0) is 12.8. The second kappa shape index (κ2) is 5.60. The molecule has 1 saturated heterocycles. The van der Waals surface area contributed by atoms with Crippen molar-refractivity contribution >= 4 is 5.91 Å². The molecule has 2 rings (SSSR count). The van der Waals surface area contributed by atoms with Gasteiger partial charge >= 0.3 is 0 Å². The van der Waals surface area contributed by atoms with Crippen molar-refractivity contribution in [3.05, 3.63) is 12.2 Å². The van der Waals surface area contributed by atoms with Crippen LogP contribution in [0.15, 0.2) is 10.9 Å². The van der Waals surface area contributed by atoms with Crippen molar-refractivity contribution in [2.75, 3.05) is 19.8 Å². The maximum absolute atomic E-state index is 12.0. The lowest BCUT2D eigenvalue weighted by molar-refractivity contribution is -0.132. The lowest BCUT2D eigenvalue weighted by Gasteiger charge is -2.29. The van der Waals surface area contributed by atoms with E-state index in [9.17, 15) is 10.1 Å². The summed E-state index contributed by atoms with van der Waals surface area (Å²) in [7, 11) is 0. The number of carbonyl (C=O) groups is 1. The highest BCUT2D eigenvalue weighted by atomic mass is 16.5. The third-order valence-electron chi connectivity index (χ3n) is 3.04. The molecule has 0 unspecified atom stereocenters. The molecule has 1 aliphatic heterocycles. The zero-order valence-corrected chi connectivity index (χ0v) is 9.89. The lowest BCUT2D eigenvalue weighted by atomic mass is 9.81. The van der Waals surface area contributed by atoms with Gasteiger partial charge in [0.1, 0.15) is 5.41 Å². The van der Waals surface area contributed by atoms with Gasteiger partial charge in [0.15, 0.2) is 5.82 Å². The fraction of sp³-hybridized carbons (Fsp3) is 0.636. The summed E-state index contributed by atoms with van der Waals surface area (Å²) in [5.41, 5.74) is -0.949. The maximum atomic E-state index is 12.0. The van der Waals surface area contributed by atoms with Crippen LogP contribution in [0.4, 0.5) is 0 Å². The van der Waals surface area contributed by atoms with Crippen LogP contribution in [0.1, 0.15) is 18.7 Å². The Kier molecular flexibility index (Phi) is 3.89. The Morgan fingerprint density at radius 3 is 2.94 bits per heavy atom. The van der Waals surface area contributed by atoms with Crippen LogP contribution >= 0.6 is 0 Å². The van der Waals surface area contributed by atoms with E-state index in [0.717, 1.165) is 0 Å². The summed E-state index contributed by atoms with van der Waals surface area (Å²) in [4.78, 5) is 15.9. The summed E-state index contributed by atoms with van der Waals surface area (Å²) in [6.07, 6.45) is 2.61. The predicted octanol–water partition coefficient (Wildman–Crippen LogP) is 0.0487. The van der Waals surface area contributed by atoms with Gasteiger partial charge in [-0.1, -0.05) is 5.16 Å². The number of nitriles is 1. The SMILES string of the molecule is N#CC1(C(=O)NCCc2ncon2)CCOCC1. The van der Waals surface area contributed by atoms with Crippen molar-refractivity contribution in [3.63, 3.8) is 0 Å². The minimum Gasteiger partial charge on any atom is -0.381 e. The third-order valence-corrected chi connectivity index (χ3v) is 3.04. The van der Waals surface area contributed by atoms with Crippen molar-refractivity contribution in [1.82, 2.24) is 15.5 Å². The van der Waals surface area contributed by atoms with Gasteiger partial charge in [0.2, 0.25) is 12.3 Å². The first-order chi connectivity index (χ1) is 8.77. The molecule has 0 atom stereocenters. The molecular formula is C11H14N4O3. The van der Waals surface area contributed by atoms with Crippen molar-refractivity contribution in [2.24, 2.45) is 5.41 Å². The first kappa shape index (κ1) is 12.5. The van der Waals surface area contributed by atoms with Crippen LogP contribution in [-0.2, 0) is 16.0 Å². The highest BCUT2D eigenvalue weighted by Gasteiger charge is 2.40. The molecule has 0 spiro atoms. The molecule has 7 heteroatoms. The topological polar surface area (TPSA) is 101 Å². The van der Waals surface area contributed by atoms with Crippen LogP contribution < -0.4 is 5.32 Å². The zero-order valence-electron chi connectivity index (χ0n) is 9.89. The molecule has 0 bridgehead atoms. The van der Waals surface area contributed by atoms with E-state index >= 15 is 0 Å². The lowest BCUT2D eigenvalue weighted by Crippen LogP contribution is -2.44. The summed E-state index contributed by atoms with van der Waals surface area (Å²) in [5.74, 6) is 0.296. The number of ether oxygens (including phenoxy) is 1. The van der Waals surface area contributed by atoms with Gasteiger partial charge in [0.05, 0.1) is 6.07 Å². The fourth-order valence-corrected chi connectivity index (χ4v) is 1.87. The Balaban J connectivity index is 1.84. The van der Waals surface area contributed by atoms with Gasteiger partial charge < -0.3 is 14.6 Å². The molecule has 0 saturated carbocycles. The van der Waals surface area contributed by atoms with E-state index in [0.29, 0.717) is 44.8 Å². The summed E-state index contributed by atoms with van der Waals surface area (Å²) >= 11 is 0. The number of rotatable bonds is 4. The molecule has 1 aromatic rings. The predicted molar refractivity (Wildman–Crippen MR) is 59.1 cm³/mol. The van der Waals surface area contributed by atoms with Crippen LogP contribution in [0.2, 0.25) is 0 Å². The first-order valence-electron chi connectivity index (χ1n) is 5.79. The molecular weight excluding hydrogens is 236 g/mol. The Morgan fingerprint density at radius 1 is 1.56 bits per heavy atom. The molecule has 96 valence electrons. The van der Waals surface area contributed by atoms with E-state index in [1.165, 1.54) is 6.39 Å². The molecule has 1 N–H and O–H groups in total. The van der Waals surface area contributed by atoms with Crippen molar-refractivity contribution in [3.8, 4) is 6.07 Å². The van der Waals surface area contributed by atoms with Gasteiger partial charge in [0, 0.05) is 26.2 Å². The van der Waals surface area contributed by atoms with E-state index < -0.39 is 5.41 Å². The van der Waals surface area contributed by atoms with Crippen LogP contribution in [0.25, 0.3) is 0 Å². The standard InChI is InChI=1S/C11H14N4O3/c12-7-11(2-5-17-6-3-11)10(16)13-4-1-9-14-8-18-15-9/h8H,1-6H2,(H,13,16). The molecule has 2 heterocycles. The van der Waals surface area contributed by atoms with Crippen LogP contribution in [0.5, 0.6) is 0 Å². The van der Waals surface area contributed by atoms with E-state index in [1.54, 1.807) is 0 Å². The number of nitrogens with zero attached hydrogens (tertiary/aromatic N) is 3. The molecule has 7 nitrogen and oxygen atoms in total. The number of aromatic nitrogens is 2. The Bertz CT molecular complexity index is 432. The Morgan fingerprint density at radius 2 is 2.33 bits per heavy atom. The fourth-order valence-electron chi connectivity index (χ4n) is 1.87. The quantitative estimate of drug-likeness (QED) is 0.810. The molecule has 0 aromatic carbocycles. The highest BCUT2D eigenvalue weighted by Crippen LogP contribution is 2.29. The molecule has 0 aliphatic carbocycles. The smallest absolute Gasteiger partial charge is 0.240 e. The number of nitrogens with one attached hydrogen (secondary N) is 1. The van der Waals surface area contributed by atoms with Crippen LogP contribution in [-0.4, -0.2) is 35.8 Å². The largest absolute Gasteiger partial charge is 0.381 e. The maximum Gasteiger partial charge on any atom is 0.240 e. The highest BCUT2D eigenvalue weighted by molar-refractivity contribution is 5.85. The first-order valence-corrected chi connectivity index (χ1v) is 5.79. The average molecular weight is 250 g/mol. The van der Waals surface area contributed by atoms with Gasteiger partial charge in [-0.3, -0.25) is 4.79 Å². The van der Waals surface area contributed by atoms with Gasteiger partial charge in [-0.2, -0.15) is 10.2 Å². The average Bonchev–Trinajstić information content (AvgIpc) is 2.92. The van der Waals surface area contributed by atoms with Crippen LogP contribution in [0.3, 0.4) is 0 Å². The minimum absolute atomic E-state index is 0.239. The van der Waals surface area contributed by atoms with Crippen molar-refractivity contribution in [1.29, 1.82) is 5.26 Å². The molecule has 0 radical (unpaired) electrons. The van der Waals surface area contributed by atoms with Crippen molar-refractivity contribution < 1.29 is 14.1 Å². The summed E-state index contributed by atoms with van der Waals surface area (Å²) in [6.45, 7) is 1.29. The monoisotopic (exact) mass is 250 g/mol. The third kappa shape index (κ3) is 2.65. The van der Waals surface area contributed by atoms with E-state index in [1.807, 2.05) is 0 Å². The number of amides is 1. The molecule has 1 fully saturated rings. The summed E-state index contributed by atoms with van der Waals surface area (Å²) in [6, 6.07) is 2.12. The van der Waals surface area contributed by atoms with Gasteiger partial charge in [-0.25, -0.2) is 0 Å². The number of hydrogen-bond acceptors (Lipinski definition) is 6. The van der Waals surface area contributed by atoms with E-state index in [4.69, 9.17) is 4.74 Å². The van der Waals surface area contributed by atoms with E-state index in [2.05, 4.69) is 26.0 Å². The van der Waals surface area contributed by atoms with Gasteiger partial charge in [-0.05, 0) is 12.8 Å². The van der Waals surface area contributed by atoms with Gasteiger partial charge in [-0.15, -0.1) is 0 Å². The minimum atomic E-state index is -0.949.